The van der Waals surface area contributed by atoms with Crippen LogP contribution in [0.2, 0.25) is 0 Å². The fourth-order valence-electron chi connectivity index (χ4n) is 2.50. The average Bonchev–Trinajstić information content (AvgIpc) is 2.97. The van der Waals surface area contributed by atoms with E-state index >= 15 is 0 Å². The molecule has 3 N–H and O–H groups in total. The van der Waals surface area contributed by atoms with Crippen LogP contribution in [0.4, 0.5) is 0 Å². The van der Waals surface area contributed by atoms with E-state index in [-0.39, 0.29) is 6.04 Å². The fraction of sp³-hybridized carbons (Fsp3) is 0.267. The molecule has 0 saturated heterocycles. The van der Waals surface area contributed by atoms with Gasteiger partial charge in [-0.2, -0.15) is 0 Å². The minimum atomic E-state index is -0.142. The highest BCUT2D eigenvalue weighted by Gasteiger charge is 2.18. The van der Waals surface area contributed by atoms with Crippen molar-refractivity contribution in [3.05, 3.63) is 54.0 Å². The Morgan fingerprint density at radius 3 is 3.05 bits per heavy atom. The number of hydrazine groups is 1. The molecule has 3 aromatic rings. The molecular formula is C15H18N6. The van der Waals surface area contributed by atoms with Gasteiger partial charge in [0, 0.05) is 18.1 Å². The van der Waals surface area contributed by atoms with E-state index in [1.807, 2.05) is 28.9 Å². The second-order valence-corrected chi connectivity index (χ2v) is 4.94. The SMILES string of the molecule is CCCn1nncc1C(NN)c1ccc2ncccc2c1. The average molecular weight is 282 g/mol. The van der Waals surface area contributed by atoms with E-state index in [9.17, 15) is 0 Å². The molecule has 0 fully saturated rings. The van der Waals surface area contributed by atoms with Crippen molar-refractivity contribution in [2.24, 2.45) is 5.84 Å². The molecule has 21 heavy (non-hydrogen) atoms. The van der Waals surface area contributed by atoms with Crippen molar-refractivity contribution in [1.82, 2.24) is 25.4 Å². The van der Waals surface area contributed by atoms with Gasteiger partial charge in [-0.25, -0.2) is 10.1 Å². The van der Waals surface area contributed by atoms with Crippen LogP contribution < -0.4 is 11.3 Å². The van der Waals surface area contributed by atoms with Gasteiger partial charge in [-0.1, -0.05) is 24.3 Å². The topological polar surface area (TPSA) is 81.7 Å². The lowest BCUT2D eigenvalue weighted by Crippen LogP contribution is -2.30. The molecule has 1 unspecified atom stereocenters. The van der Waals surface area contributed by atoms with Crippen LogP contribution in [0, 0.1) is 0 Å². The van der Waals surface area contributed by atoms with E-state index in [0.29, 0.717) is 0 Å². The maximum atomic E-state index is 5.77. The van der Waals surface area contributed by atoms with Crippen LogP contribution in [0.3, 0.4) is 0 Å². The number of hydrogen-bond acceptors (Lipinski definition) is 5. The first kappa shape index (κ1) is 13.7. The lowest BCUT2D eigenvalue weighted by Gasteiger charge is -2.17. The second kappa shape index (κ2) is 5.99. The number of nitrogens with zero attached hydrogens (tertiary/aromatic N) is 4. The Morgan fingerprint density at radius 2 is 2.24 bits per heavy atom. The third-order valence-electron chi connectivity index (χ3n) is 3.51. The highest BCUT2D eigenvalue weighted by atomic mass is 15.4. The van der Waals surface area contributed by atoms with Crippen LogP contribution in [0.1, 0.15) is 30.6 Å². The molecule has 0 radical (unpaired) electrons. The van der Waals surface area contributed by atoms with Gasteiger partial charge in [0.25, 0.3) is 0 Å². The normalized spacial score (nSPS) is 12.7. The summed E-state index contributed by atoms with van der Waals surface area (Å²) in [6.45, 7) is 2.93. The molecule has 2 aromatic heterocycles. The first-order valence-electron chi connectivity index (χ1n) is 7.02. The number of rotatable bonds is 5. The second-order valence-electron chi connectivity index (χ2n) is 4.94. The van der Waals surface area contributed by atoms with Crippen LogP contribution in [0.5, 0.6) is 0 Å². The van der Waals surface area contributed by atoms with Crippen molar-refractivity contribution in [1.29, 1.82) is 0 Å². The third kappa shape index (κ3) is 2.63. The van der Waals surface area contributed by atoms with Crippen LogP contribution in [-0.2, 0) is 6.54 Å². The Kier molecular flexibility index (Phi) is 3.89. The monoisotopic (exact) mass is 282 g/mol. The van der Waals surface area contributed by atoms with Gasteiger partial charge in [-0.3, -0.25) is 10.8 Å². The van der Waals surface area contributed by atoms with E-state index < -0.39 is 0 Å². The van der Waals surface area contributed by atoms with Gasteiger partial charge in [-0.05, 0) is 30.2 Å². The summed E-state index contributed by atoms with van der Waals surface area (Å²) in [4.78, 5) is 4.34. The van der Waals surface area contributed by atoms with Crippen molar-refractivity contribution in [2.75, 3.05) is 0 Å². The van der Waals surface area contributed by atoms with Crippen LogP contribution >= 0.6 is 0 Å². The number of benzene rings is 1. The lowest BCUT2D eigenvalue weighted by atomic mass is 10.0. The maximum Gasteiger partial charge on any atom is 0.0894 e. The molecule has 0 amide bonds. The summed E-state index contributed by atoms with van der Waals surface area (Å²) in [6, 6.07) is 9.96. The molecule has 0 aliphatic rings. The molecule has 0 bridgehead atoms. The van der Waals surface area contributed by atoms with Crippen molar-refractivity contribution in [2.45, 2.75) is 25.9 Å². The predicted octanol–water partition coefficient (Wildman–Crippen LogP) is 1.79. The largest absolute Gasteiger partial charge is 0.271 e. The zero-order chi connectivity index (χ0) is 14.7. The molecule has 6 nitrogen and oxygen atoms in total. The molecule has 6 heteroatoms. The van der Waals surface area contributed by atoms with Crippen molar-refractivity contribution in [3.8, 4) is 0 Å². The van der Waals surface area contributed by atoms with E-state index in [4.69, 9.17) is 5.84 Å². The molecule has 1 aromatic carbocycles. The zero-order valence-electron chi connectivity index (χ0n) is 11.9. The number of nitrogens with one attached hydrogen (secondary N) is 1. The Balaban J connectivity index is 2.03. The van der Waals surface area contributed by atoms with Gasteiger partial charge in [-0.15, -0.1) is 5.10 Å². The van der Waals surface area contributed by atoms with Crippen LogP contribution in [-0.4, -0.2) is 20.0 Å². The highest BCUT2D eigenvalue weighted by molar-refractivity contribution is 5.79. The smallest absolute Gasteiger partial charge is 0.0894 e. The van der Waals surface area contributed by atoms with E-state index in [0.717, 1.165) is 35.1 Å². The maximum absolute atomic E-state index is 5.77. The molecule has 3 rings (SSSR count). The van der Waals surface area contributed by atoms with E-state index in [1.54, 1.807) is 12.4 Å². The third-order valence-corrected chi connectivity index (χ3v) is 3.51. The summed E-state index contributed by atoms with van der Waals surface area (Å²) in [5, 5.41) is 9.21. The summed E-state index contributed by atoms with van der Waals surface area (Å²) in [6.07, 6.45) is 4.55. The van der Waals surface area contributed by atoms with Crippen molar-refractivity contribution in [3.63, 3.8) is 0 Å². The first-order valence-corrected chi connectivity index (χ1v) is 7.02. The molecule has 2 heterocycles. The predicted molar refractivity (Wildman–Crippen MR) is 81.2 cm³/mol. The summed E-state index contributed by atoms with van der Waals surface area (Å²) in [5.41, 5.74) is 5.86. The van der Waals surface area contributed by atoms with Crippen LogP contribution in [0.25, 0.3) is 10.9 Å². The van der Waals surface area contributed by atoms with Gasteiger partial charge in [0.15, 0.2) is 0 Å². The number of aromatic nitrogens is 4. The van der Waals surface area contributed by atoms with Gasteiger partial charge in [0.1, 0.15) is 0 Å². The fourth-order valence-corrected chi connectivity index (χ4v) is 2.50. The molecule has 1 atom stereocenters. The van der Waals surface area contributed by atoms with Gasteiger partial charge >= 0.3 is 0 Å². The van der Waals surface area contributed by atoms with Gasteiger partial charge in [0.2, 0.25) is 0 Å². The Morgan fingerprint density at radius 1 is 1.33 bits per heavy atom. The lowest BCUT2D eigenvalue weighted by molar-refractivity contribution is 0.512. The van der Waals surface area contributed by atoms with Crippen molar-refractivity contribution < 1.29 is 0 Å². The number of pyridine rings is 1. The molecule has 108 valence electrons. The number of nitrogens with two attached hydrogens (primary N) is 1. The standard InChI is InChI=1S/C15H18N6/c1-2-8-21-14(10-18-20-21)15(19-16)12-5-6-13-11(9-12)4-3-7-17-13/h3-7,9-10,15,19H,2,8,16H2,1H3. The number of aryl methyl sites for hydroxylation is 1. The zero-order valence-corrected chi connectivity index (χ0v) is 11.9. The van der Waals surface area contributed by atoms with E-state index in [1.165, 1.54) is 0 Å². The minimum Gasteiger partial charge on any atom is -0.271 e. The molecular weight excluding hydrogens is 264 g/mol. The Bertz CT molecular complexity index is 736. The summed E-state index contributed by atoms with van der Waals surface area (Å²) >= 11 is 0. The summed E-state index contributed by atoms with van der Waals surface area (Å²) in [5.74, 6) is 5.77. The quantitative estimate of drug-likeness (QED) is 0.551. The Labute approximate surface area is 123 Å². The highest BCUT2D eigenvalue weighted by Crippen LogP contribution is 2.23. The minimum absolute atomic E-state index is 0.142. The first-order chi connectivity index (χ1) is 10.3. The summed E-state index contributed by atoms with van der Waals surface area (Å²) in [7, 11) is 0. The van der Waals surface area contributed by atoms with Gasteiger partial charge in [0.05, 0.1) is 23.4 Å². The number of fused-ring (bicyclic) bond motifs is 1. The van der Waals surface area contributed by atoms with Crippen LogP contribution in [0.15, 0.2) is 42.7 Å². The Hall–Kier alpha value is -2.31. The van der Waals surface area contributed by atoms with Crippen molar-refractivity contribution >= 4 is 10.9 Å². The van der Waals surface area contributed by atoms with E-state index in [2.05, 4.69) is 33.7 Å². The molecule has 0 spiro atoms. The number of hydrogen-bond donors (Lipinski definition) is 2. The van der Waals surface area contributed by atoms with Gasteiger partial charge < -0.3 is 0 Å². The molecule has 0 aliphatic heterocycles. The molecule has 0 aliphatic carbocycles. The summed E-state index contributed by atoms with van der Waals surface area (Å²) < 4.78 is 1.89. The molecule has 0 saturated carbocycles.